The summed E-state index contributed by atoms with van der Waals surface area (Å²) in [6.45, 7) is 7.98. The van der Waals surface area contributed by atoms with E-state index >= 15 is 0 Å². The van der Waals surface area contributed by atoms with Gasteiger partial charge in [-0.2, -0.15) is 0 Å². The summed E-state index contributed by atoms with van der Waals surface area (Å²) in [4.78, 5) is 0. The lowest BCUT2D eigenvalue weighted by molar-refractivity contribution is -0.0257. The molecule has 3 atom stereocenters. The Labute approximate surface area is 93.2 Å². The van der Waals surface area contributed by atoms with Crippen LogP contribution in [0.5, 0.6) is 0 Å². The van der Waals surface area contributed by atoms with Crippen LogP contribution in [0.2, 0.25) is 0 Å². The molecule has 1 saturated heterocycles. The largest absolute Gasteiger partial charge is 0.392 e. The van der Waals surface area contributed by atoms with Crippen LogP contribution < -0.4 is 5.32 Å². The Balaban J connectivity index is 2.24. The highest BCUT2D eigenvalue weighted by Gasteiger charge is 2.24. The van der Waals surface area contributed by atoms with Crippen molar-refractivity contribution < 1.29 is 9.84 Å². The molecule has 1 aliphatic rings. The number of ether oxygens (including phenoxy) is 1. The third kappa shape index (κ3) is 4.49. The predicted molar refractivity (Wildman–Crippen MR) is 61.9 cm³/mol. The van der Waals surface area contributed by atoms with Gasteiger partial charge >= 0.3 is 0 Å². The first-order chi connectivity index (χ1) is 7.13. The van der Waals surface area contributed by atoms with Crippen molar-refractivity contribution in [2.24, 2.45) is 5.92 Å². The molecule has 0 aromatic rings. The second-order valence-electron chi connectivity index (χ2n) is 4.84. The Bertz CT molecular complexity index is 173. The Morgan fingerprint density at radius 3 is 2.80 bits per heavy atom. The standard InChI is InChI=1S/C12H25NO2/c1-4-11(14)8-13-10-5-6-15-12(7-10)9(2)3/h9-14H,4-8H2,1-3H3. The van der Waals surface area contributed by atoms with Gasteiger partial charge in [-0.05, 0) is 25.2 Å². The quantitative estimate of drug-likeness (QED) is 0.731. The van der Waals surface area contributed by atoms with Crippen LogP contribution in [0.1, 0.15) is 40.0 Å². The van der Waals surface area contributed by atoms with E-state index in [0.29, 0.717) is 24.6 Å². The topological polar surface area (TPSA) is 41.5 Å². The highest BCUT2D eigenvalue weighted by atomic mass is 16.5. The summed E-state index contributed by atoms with van der Waals surface area (Å²) in [5, 5.41) is 12.9. The van der Waals surface area contributed by atoms with Gasteiger partial charge in [-0.15, -0.1) is 0 Å². The van der Waals surface area contributed by atoms with Crippen LogP contribution in [0.4, 0.5) is 0 Å². The van der Waals surface area contributed by atoms with Gasteiger partial charge in [-0.1, -0.05) is 20.8 Å². The van der Waals surface area contributed by atoms with Gasteiger partial charge in [0.1, 0.15) is 0 Å². The zero-order valence-electron chi connectivity index (χ0n) is 10.2. The summed E-state index contributed by atoms with van der Waals surface area (Å²) in [6.07, 6.45) is 3.15. The van der Waals surface area contributed by atoms with Crippen molar-refractivity contribution in [1.82, 2.24) is 5.32 Å². The third-order valence-electron chi connectivity index (χ3n) is 3.17. The number of hydrogen-bond acceptors (Lipinski definition) is 3. The molecular weight excluding hydrogens is 190 g/mol. The van der Waals surface area contributed by atoms with Crippen molar-refractivity contribution in [3.05, 3.63) is 0 Å². The molecule has 90 valence electrons. The minimum absolute atomic E-state index is 0.203. The molecule has 3 nitrogen and oxygen atoms in total. The zero-order valence-corrected chi connectivity index (χ0v) is 10.2. The molecule has 0 aliphatic carbocycles. The van der Waals surface area contributed by atoms with Crippen LogP contribution in [0.3, 0.4) is 0 Å². The van der Waals surface area contributed by atoms with E-state index in [1.165, 1.54) is 0 Å². The summed E-state index contributed by atoms with van der Waals surface area (Å²) < 4.78 is 5.70. The molecular formula is C12H25NO2. The van der Waals surface area contributed by atoms with Crippen molar-refractivity contribution >= 4 is 0 Å². The summed E-state index contributed by atoms with van der Waals surface area (Å²) in [7, 11) is 0. The van der Waals surface area contributed by atoms with Crippen LogP contribution in [-0.4, -0.2) is 36.5 Å². The van der Waals surface area contributed by atoms with E-state index in [-0.39, 0.29) is 6.10 Å². The smallest absolute Gasteiger partial charge is 0.0662 e. The van der Waals surface area contributed by atoms with E-state index in [0.717, 1.165) is 25.9 Å². The molecule has 3 unspecified atom stereocenters. The first-order valence-corrected chi connectivity index (χ1v) is 6.16. The van der Waals surface area contributed by atoms with Gasteiger partial charge in [0, 0.05) is 19.2 Å². The van der Waals surface area contributed by atoms with Crippen molar-refractivity contribution in [3.8, 4) is 0 Å². The van der Waals surface area contributed by atoms with Crippen LogP contribution in [0, 0.1) is 5.92 Å². The van der Waals surface area contributed by atoms with Gasteiger partial charge in [0.15, 0.2) is 0 Å². The fourth-order valence-electron chi connectivity index (χ4n) is 1.93. The van der Waals surface area contributed by atoms with Crippen molar-refractivity contribution in [2.45, 2.75) is 58.3 Å². The lowest BCUT2D eigenvalue weighted by Crippen LogP contribution is -2.43. The summed E-state index contributed by atoms with van der Waals surface area (Å²) in [6, 6.07) is 0.521. The molecule has 0 bridgehead atoms. The highest BCUT2D eigenvalue weighted by Crippen LogP contribution is 2.20. The van der Waals surface area contributed by atoms with Crippen LogP contribution in [0.25, 0.3) is 0 Å². The van der Waals surface area contributed by atoms with Crippen LogP contribution in [-0.2, 0) is 4.74 Å². The minimum Gasteiger partial charge on any atom is -0.392 e. The normalized spacial score (nSPS) is 29.4. The van der Waals surface area contributed by atoms with E-state index in [1.807, 2.05) is 6.92 Å². The van der Waals surface area contributed by atoms with E-state index < -0.39 is 0 Å². The predicted octanol–water partition coefficient (Wildman–Crippen LogP) is 1.55. The molecule has 1 rings (SSSR count). The van der Waals surface area contributed by atoms with Crippen LogP contribution >= 0.6 is 0 Å². The SMILES string of the molecule is CCC(O)CNC1CCOC(C(C)C)C1. The van der Waals surface area contributed by atoms with Crippen LogP contribution in [0.15, 0.2) is 0 Å². The Hall–Kier alpha value is -0.120. The van der Waals surface area contributed by atoms with E-state index in [9.17, 15) is 5.11 Å². The maximum atomic E-state index is 9.47. The average Bonchev–Trinajstić information content (AvgIpc) is 2.26. The zero-order chi connectivity index (χ0) is 11.3. The second-order valence-corrected chi connectivity index (χ2v) is 4.84. The van der Waals surface area contributed by atoms with Gasteiger partial charge < -0.3 is 15.2 Å². The monoisotopic (exact) mass is 215 g/mol. The number of hydrogen-bond donors (Lipinski definition) is 2. The lowest BCUT2D eigenvalue weighted by Gasteiger charge is -2.32. The van der Waals surface area contributed by atoms with E-state index in [4.69, 9.17) is 4.74 Å². The molecule has 1 heterocycles. The van der Waals surface area contributed by atoms with Crippen molar-refractivity contribution in [2.75, 3.05) is 13.2 Å². The fourth-order valence-corrected chi connectivity index (χ4v) is 1.93. The fraction of sp³-hybridized carbons (Fsp3) is 1.00. The van der Waals surface area contributed by atoms with Gasteiger partial charge in [0.05, 0.1) is 12.2 Å². The maximum Gasteiger partial charge on any atom is 0.0662 e. The summed E-state index contributed by atoms with van der Waals surface area (Å²) >= 11 is 0. The Morgan fingerprint density at radius 2 is 2.20 bits per heavy atom. The first-order valence-electron chi connectivity index (χ1n) is 6.16. The molecule has 0 aromatic heterocycles. The minimum atomic E-state index is -0.203. The molecule has 1 aliphatic heterocycles. The van der Waals surface area contributed by atoms with Crippen molar-refractivity contribution in [3.63, 3.8) is 0 Å². The first kappa shape index (κ1) is 12.9. The second kappa shape index (κ2) is 6.46. The van der Waals surface area contributed by atoms with E-state index in [2.05, 4.69) is 19.2 Å². The number of aliphatic hydroxyl groups excluding tert-OH is 1. The Morgan fingerprint density at radius 1 is 1.47 bits per heavy atom. The van der Waals surface area contributed by atoms with Gasteiger partial charge in [0.25, 0.3) is 0 Å². The molecule has 0 amide bonds. The third-order valence-corrected chi connectivity index (χ3v) is 3.17. The summed E-state index contributed by atoms with van der Waals surface area (Å²) in [5.41, 5.74) is 0. The number of aliphatic hydroxyl groups is 1. The molecule has 0 radical (unpaired) electrons. The highest BCUT2D eigenvalue weighted by molar-refractivity contribution is 4.79. The molecule has 2 N–H and O–H groups in total. The molecule has 0 spiro atoms. The Kier molecular flexibility index (Phi) is 5.58. The maximum absolute atomic E-state index is 9.47. The summed E-state index contributed by atoms with van der Waals surface area (Å²) in [5.74, 6) is 0.589. The number of rotatable bonds is 5. The molecule has 1 fully saturated rings. The molecule has 0 saturated carbocycles. The van der Waals surface area contributed by atoms with Gasteiger partial charge in [-0.25, -0.2) is 0 Å². The van der Waals surface area contributed by atoms with Gasteiger partial charge in [-0.3, -0.25) is 0 Å². The average molecular weight is 215 g/mol. The lowest BCUT2D eigenvalue weighted by atomic mass is 9.95. The molecule has 15 heavy (non-hydrogen) atoms. The number of nitrogens with one attached hydrogen (secondary N) is 1. The van der Waals surface area contributed by atoms with Crippen molar-refractivity contribution in [1.29, 1.82) is 0 Å². The van der Waals surface area contributed by atoms with Gasteiger partial charge in [0.2, 0.25) is 0 Å². The molecule has 0 aromatic carbocycles. The molecule has 3 heteroatoms. The van der Waals surface area contributed by atoms with E-state index in [1.54, 1.807) is 0 Å².